The SMILES string of the molecule is Clc1cc(Cl)c(CN2CCC(N3CCCC3)C2)cn1. The molecule has 0 bridgehead atoms. The fourth-order valence-corrected chi connectivity index (χ4v) is 3.58. The van der Waals surface area contributed by atoms with E-state index >= 15 is 0 Å². The fourth-order valence-electron chi connectivity index (χ4n) is 3.15. The van der Waals surface area contributed by atoms with Crippen LogP contribution < -0.4 is 0 Å². The predicted molar refractivity (Wildman–Crippen MR) is 78.7 cm³/mol. The van der Waals surface area contributed by atoms with Gasteiger partial charge in [-0.15, -0.1) is 0 Å². The highest BCUT2D eigenvalue weighted by molar-refractivity contribution is 6.34. The average Bonchev–Trinajstić information content (AvgIpc) is 3.03. The van der Waals surface area contributed by atoms with Crippen molar-refractivity contribution in [2.45, 2.75) is 31.8 Å². The van der Waals surface area contributed by atoms with Gasteiger partial charge >= 0.3 is 0 Å². The minimum absolute atomic E-state index is 0.463. The van der Waals surface area contributed by atoms with Gasteiger partial charge in [-0.1, -0.05) is 23.2 Å². The van der Waals surface area contributed by atoms with Gasteiger partial charge in [-0.25, -0.2) is 4.98 Å². The summed E-state index contributed by atoms with van der Waals surface area (Å²) in [6, 6.07) is 2.47. The highest BCUT2D eigenvalue weighted by Gasteiger charge is 2.29. The van der Waals surface area contributed by atoms with E-state index in [1.165, 1.54) is 32.4 Å². The molecule has 0 aliphatic carbocycles. The van der Waals surface area contributed by atoms with Crippen LogP contribution in [0.2, 0.25) is 10.2 Å². The Labute approximate surface area is 124 Å². The maximum atomic E-state index is 6.21. The molecule has 1 aromatic rings. The van der Waals surface area contributed by atoms with Crippen molar-refractivity contribution in [3.63, 3.8) is 0 Å². The van der Waals surface area contributed by atoms with Crippen LogP contribution >= 0.6 is 23.2 Å². The van der Waals surface area contributed by atoms with Crippen molar-refractivity contribution in [3.8, 4) is 0 Å². The van der Waals surface area contributed by atoms with E-state index in [9.17, 15) is 0 Å². The van der Waals surface area contributed by atoms with Gasteiger partial charge in [-0.2, -0.15) is 0 Å². The van der Waals surface area contributed by atoms with Crippen LogP contribution in [0.1, 0.15) is 24.8 Å². The quantitative estimate of drug-likeness (QED) is 0.800. The lowest BCUT2D eigenvalue weighted by molar-refractivity contribution is 0.230. The van der Waals surface area contributed by atoms with Gasteiger partial charge in [-0.3, -0.25) is 9.80 Å². The normalized spacial score (nSPS) is 25.3. The smallest absolute Gasteiger partial charge is 0.130 e. The van der Waals surface area contributed by atoms with Crippen LogP contribution in [0.4, 0.5) is 0 Å². The van der Waals surface area contributed by atoms with Crippen molar-refractivity contribution >= 4 is 23.2 Å². The Hall–Kier alpha value is -0.350. The van der Waals surface area contributed by atoms with Crippen LogP contribution in [0.5, 0.6) is 0 Å². The second-order valence-corrected chi connectivity index (χ2v) is 6.31. The Bertz CT molecular complexity index is 446. The van der Waals surface area contributed by atoms with E-state index in [1.54, 1.807) is 12.3 Å². The van der Waals surface area contributed by atoms with Crippen molar-refractivity contribution < 1.29 is 0 Å². The molecule has 1 unspecified atom stereocenters. The number of aromatic nitrogens is 1. The summed E-state index contributed by atoms with van der Waals surface area (Å²) in [6.45, 7) is 5.75. The summed E-state index contributed by atoms with van der Waals surface area (Å²) >= 11 is 12.0. The Morgan fingerprint density at radius 2 is 2.00 bits per heavy atom. The zero-order valence-corrected chi connectivity index (χ0v) is 12.5. The first kappa shape index (κ1) is 13.6. The van der Waals surface area contributed by atoms with Crippen LogP contribution in [-0.4, -0.2) is 47.0 Å². The van der Waals surface area contributed by atoms with E-state index in [2.05, 4.69) is 14.8 Å². The molecule has 2 saturated heterocycles. The van der Waals surface area contributed by atoms with E-state index in [-0.39, 0.29) is 0 Å². The first-order valence-electron chi connectivity index (χ1n) is 6.99. The van der Waals surface area contributed by atoms with E-state index in [0.29, 0.717) is 5.15 Å². The number of hydrogen-bond acceptors (Lipinski definition) is 3. The van der Waals surface area contributed by atoms with E-state index < -0.39 is 0 Å². The molecule has 0 N–H and O–H groups in total. The van der Waals surface area contributed by atoms with Gasteiger partial charge in [0.2, 0.25) is 0 Å². The summed E-state index contributed by atoms with van der Waals surface area (Å²) in [4.78, 5) is 9.23. The molecule has 2 aliphatic rings. The summed E-state index contributed by atoms with van der Waals surface area (Å²) in [5.41, 5.74) is 1.08. The molecule has 2 aliphatic heterocycles. The second kappa shape index (κ2) is 5.96. The first-order chi connectivity index (χ1) is 9.22. The van der Waals surface area contributed by atoms with Gasteiger partial charge in [0.15, 0.2) is 0 Å². The minimum atomic E-state index is 0.463. The molecule has 0 spiro atoms. The lowest BCUT2D eigenvalue weighted by Crippen LogP contribution is -2.35. The molecule has 0 radical (unpaired) electrons. The molecule has 0 amide bonds. The molecule has 3 heterocycles. The van der Waals surface area contributed by atoms with Gasteiger partial charge in [0, 0.05) is 42.5 Å². The molecular weight excluding hydrogens is 281 g/mol. The third kappa shape index (κ3) is 3.22. The van der Waals surface area contributed by atoms with Crippen LogP contribution in [0.25, 0.3) is 0 Å². The van der Waals surface area contributed by atoms with Crippen LogP contribution in [-0.2, 0) is 6.54 Å². The lowest BCUT2D eigenvalue weighted by atomic mass is 10.2. The van der Waals surface area contributed by atoms with Crippen LogP contribution in [0.3, 0.4) is 0 Å². The largest absolute Gasteiger partial charge is 0.299 e. The van der Waals surface area contributed by atoms with Crippen molar-refractivity contribution in [3.05, 3.63) is 28.0 Å². The Morgan fingerprint density at radius 3 is 2.74 bits per heavy atom. The molecule has 1 atom stereocenters. The number of rotatable bonds is 3. The Balaban J connectivity index is 1.59. The summed E-state index contributed by atoms with van der Waals surface area (Å²) in [7, 11) is 0. The molecule has 2 fully saturated rings. The summed E-state index contributed by atoms with van der Waals surface area (Å²) in [5.74, 6) is 0. The van der Waals surface area contributed by atoms with Crippen molar-refractivity contribution in [2.75, 3.05) is 26.2 Å². The second-order valence-electron chi connectivity index (χ2n) is 5.52. The zero-order valence-electron chi connectivity index (χ0n) is 11.0. The summed E-state index contributed by atoms with van der Waals surface area (Å²) in [5, 5.41) is 1.19. The van der Waals surface area contributed by atoms with Gasteiger partial charge in [0.05, 0.1) is 0 Å². The zero-order chi connectivity index (χ0) is 13.2. The van der Waals surface area contributed by atoms with Gasteiger partial charge < -0.3 is 0 Å². The molecule has 0 aromatic carbocycles. The molecule has 1 aromatic heterocycles. The number of halogens is 2. The lowest BCUT2D eigenvalue weighted by Gasteiger charge is -2.23. The molecule has 3 nitrogen and oxygen atoms in total. The van der Waals surface area contributed by atoms with Crippen molar-refractivity contribution in [1.82, 2.24) is 14.8 Å². The monoisotopic (exact) mass is 299 g/mol. The summed E-state index contributed by atoms with van der Waals surface area (Å²) < 4.78 is 0. The average molecular weight is 300 g/mol. The maximum absolute atomic E-state index is 6.21. The molecule has 104 valence electrons. The number of nitrogens with zero attached hydrogens (tertiary/aromatic N) is 3. The highest BCUT2D eigenvalue weighted by Crippen LogP contribution is 2.24. The van der Waals surface area contributed by atoms with E-state index in [4.69, 9.17) is 23.2 Å². The number of pyridine rings is 1. The molecule has 0 saturated carbocycles. The van der Waals surface area contributed by atoms with Gasteiger partial charge in [0.25, 0.3) is 0 Å². The Kier molecular flexibility index (Phi) is 4.27. The standard InChI is InChI=1S/C14H19Cl2N3/c15-13-7-14(16)17-8-11(13)9-18-6-3-12(10-18)19-4-1-2-5-19/h7-8,12H,1-6,9-10H2. The van der Waals surface area contributed by atoms with E-state index in [0.717, 1.165) is 36.3 Å². The first-order valence-corrected chi connectivity index (χ1v) is 7.74. The van der Waals surface area contributed by atoms with Crippen LogP contribution in [0.15, 0.2) is 12.3 Å². The minimum Gasteiger partial charge on any atom is -0.299 e. The van der Waals surface area contributed by atoms with Gasteiger partial charge in [0.1, 0.15) is 5.15 Å². The number of likely N-dealkylation sites (tertiary alicyclic amines) is 2. The third-order valence-electron chi connectivity index (χ3n) is 4.19. The topological polar surface area (TPSA) is 19.4 Å². The Morgan fingerprint density at radius 1 is 1.21 bits per heavy atom. The fraction of sp³-hybridized carbons (Fsp3) is 0.643. The maximum Gasteiger partial charge on any atom is 0.130 e. The van der Waals surface area contributed by atoms with Gasteiger partial charge in [-0.05, 0) is 38.4 Å². The molecular formula is C14H19Cl2N3. The molecule has 3 rings (SSSR count). The predicted octanol–water partition coefficient (Wildman–Crippen LogP) is 3.06. The van der Waals surface area contributed by atoms with Crippen LogP contribution in [0, 0.1) is 0 Å². The third-order valence-corrected chi connectivity index (χ3v) is 4.75. The molecule has 19 heavy (non-hydrogen) atoms. The summed E-state index contributed by atoms with van der Waals surface area (Å²) in [6.07, 6.45) is 5.80. The highest BCUT2D eigenvalue weighted by atomic mass is 35.5. The van der Waals surface area contributed by atoms with E-state index in [1.807, 2.05) is 0 Å². The molecule has 5 heteroatoms. The van der Waals surface area contributed by atoms with Crippen molar-refractivity contribution in [1.29, 1.82) is 0 Å². The number of hydrogen-bond donors (Lipinski definition) is 0. The van der Waals surface area contributed by atoms with Crippen molar-refractivity contribution in [2.24, 2.45) is 0 Å².